The number of nitrogens with zero attached hydrogens (tertiary/aromatic N) is 2. The highest BCUT2D eigenvalue weighted by atomic mass is 79.9. The lowest BCUT2D eigenvalue weighted by Gasteiger charge is -2.19. The van der Waals surface area contributed by atoms with Crippen LogP contribution in [0.15, 0.2) is 16.6 Å². The molecule has 1 aromatic rings. The number of hydrogen-bond donors (Lipinski definition) is 2. The fourth-order valence-corrected chi connectivity index (χ4v) is 3.23. The number of likely N-dealkylation sites (N-methyl/N-ethyl adjacent to an activating group) is 1. The van der Waals surface area contributed by atoms with Crippen LogP contribution in [0.25, 0.3) is 0 Å². The molecule has 1 saturated heterocycles. The number of anilines is 1. The highest BCUT2D eigenvalue weighted by molar-refractivity contribution is 9.10. The summed E-state index contributed by atoms with van der Waals surface area (Å²) in [6.07, 6.45) is 0.175. The van der Waals surface area contributed by atoms with Crippen LogP contribution in [0, 0.1) is 5.92 Å². The Kier molecular flexibility index (Phi) is 5.89. The first kappa shape index (κ1) is 18.0. The second-order valence-electron chi connectivity index (χ2n) is 5.82. The van der Waals surface area contributed by atoms with Crippen LogP contribution in [-0.4, -0.2) is 60.5 Å². The van der Waals surface area contributed by atoms with Crippen LogP contribution in [0.5, 0.6) is 5.75 Å². The van der Waals surface area contributed by atoms with Gasteiger partial charge in [-0.15, -0.1) is 0 Å². The van der Waals surface area contributed by atoms with Crippen molar-refractivity contribution in [1.29, 1.82) is 0 Å². The number of nitrogens with one attached hydrogen (secondary N) is 1. The molecular weight excluding hydrogens is 386 g/mol. The molecule has 0 bridgehead atoms. The molecule has 0 radical (unpaired) electrons. The summed E-state index contributed by atoms with van der Waals surface area (Å²) < 4.78 is 0.615. The number of carbonyl (C=O) groups excluding carboxylic acids is 2. The predicted molar refractivity (Wildman–Crippen MR) is 92.7 cm³/mol. The highest BCUT2D eigenvalue weighted by Crippen LogP contribution is 2.35. The first-order valence-corrected chi connectivity index (χ1v) is 8.36. The van der Waals surface area contributed by atoms with Gasteiger partial charge in [-0.25, -0.2) is 0 Å². The van der Waals surface area contributed by atoms with Gasteiger partial charge in [0, 0.05) is 30.5 Å². The Bertz CT molecular complexity index is 601. The number of rotatable bonds is 5. The Morgan fingerprint density at radius 2 is 2.22 bits per heavy atom. The van der Waals surface area contributed by atoms with Crippen LogP contribution in [0.4, 0.5) is 5.69 Å². The standard InChI is InChI=1S/C15H19BrClN3O3/c1-19(2)3-4-20-8-9(5-13(20)22)15(23)18-14-11(17)6-10(16)7-12(14)21/h6-7,9,21H,3-5,8H2,1-2H3,(H,18,23). The van der Waals surface area contributed by atoms with Gasteiger partial charge >= 0.3 is 0 Å². The molecule has 6 nitrogen and oxygen atoms in total. The van der Waals surface area contributed by atoms with Gasteiger partial charge in [-0.1, -0.05) is 27.5 Å². The van der Waals surface area contributed by atoms with Gasteiger partial charge in [0.25, 0.3) is 0 Å². The van der Waals surface area contributed by atoms with Gasteiger partial charge in [-0.3, -0.25) is 9.59 Å². The summed E-state index contributed by atoms with van der Waals surface area (Å²) in [5.74, 6) is -0.904. The van der Waals surface area contributed by atoms with E-state index < -0.39 is 5.92 Å². The van der Waals surface area contributed by atoms with Crippen molar-refractivity contribution >= 4 is 45.0 Å². The molecule has 8 heteroatoms. The second-order valence-corrected chi connectivity index (χ2v) is 7.14. The summed E-state index contributed by atoms with van der Waals surface area (Å²) in [4.78, 5) is 28.0. The number of aromatic hydroxyl groups is 1. The smallest absolute Gasteiger partial charge is 0.229 e. The van der Waals surface area contributed by atoms with E-state index in [1.807, 2.05) is 19.0 Å². The Labute approximate surface area is 148 Å². The second kappa shape index (κ2) is 7.51. The van der Waals surface area contributed by atoms with Crippen LogP contribution in [0.2, 0.25) is 5.02 Å². The summed E-state index contributed by atoms with van der Waals surface area (Å²) in [5, 5.41) is 12.8. The Balaban J connectivity index is 2.01. The topological polar surface area (TPSA) is 72.9 Å². The normalized spacial score (nSPS) is 17.9. The number of hydrogen-bond acceptors (Lipinski definition) is 4. The van der Waals surface area contributed by atoms with E-state index in [-0.39, 0.29) is 34.7 Å². The van der Waals surface area contributed by atoms with Crippen molar-refractivity contribution in [3.05, 3.63) is 21.6 Å². The monoisotopic (exact) mass is 403 g/mol. The molecule has 0 aliphatic carbocycles. The number of phenols is 1. The predicted octanol–water partition coefficient (Wildman–Crippen LogP) is 2.16. The zero-order chi connectivity index (χ0) is 17.1. The SMILES string of the molecule is CN(C)CCN1CC(C(=O)Nc2c(O)cc(Br)cc2Cl)CC1=O. The molecular formula is C15H19BrClN3O3. The maximum Gasteiger partial charge on any atom is 0.229 e. The molecule has 1 aliphatic rings. The van der Waals surface area contributed by atoms with E-state index in [1.54, 1.807) is 11.0 Å². The first-order chi connectivity index (χ1) is 10.8. The van der Waals surface area contributed by atoms with E-state index in [4.69, 9.17) is 11.6 Å². The molecule has 2 N–H and O–H groups in total. The number of amides is 2. The lowest BCUT2D eigenvalue weighted by atomic mass is 10.1. The first-order valence-electron chi connectivity index (χ1n) is 7.19. The third-order valence-corrected chi connectivity index (χ3v) is 4.44. The number of halogens is 2. The molecule has 2 rings (SSSR count). The van der Waals surface area contributed by atoms with Gasteiger partial charge in [0.15, 0.2) is 0 Å². The summed E-state index contributed by atoms with van der Waals surface area (Å²) in [6, 6.07) is 3.03. The van der Waals surface area contributed by atoms with E-state index in [9.17, 15) is 14.7 Å². The van der Waals surface area contributed by atoms with E-state index in [0.29, 0.717) is 17.6 Å². The zero-order valence-corrected chi connectivity index (χ0v) is 15.3. The quantitative estimate of drug-likeness (QED) is 0.738. The molecule has 0 saturated carbocycles. The average Bonchev–Trinajstić information content (AvgIpc) is 2.81. The molecule has 1 fully saturated rings. The lowest BCUT2D eigenvalue weighted by molar-refractivity contribution is -0.128. The fourth-order valence-electron chi connectivity index (χ4n) is 2.39. The van der Waals surface area contributed by atoms with Gasteiger partial charge in [0.2, 0.25) is 11.8 Å². The number of benzene rings is 1. The van der Waals surface area contributed by atoms with E-state index in [0.717, 1.165) is 6.54 Å². The third-order valence-electron chi connectivity index (χ3n) is 3.68. The minimum atomic E-state index is -0.441. The maximum atomic E-state index is 12.4. The summed E-state index contributed by atoms with van der Waals surface area (Å²) in [6.45, 7) is 1.73. The third kappa shape index (κ3) is 4.59. The Hall–Kier alpha value is -1.31. The molecule has 1 heterocycles. The van der Waals surface area contributed by atoms with Crippen molar-refractivity contribution in [2.75, 3.05) is 39.0 Å². The Morgan fingerprint density at radius 1 is 1.52 bits per heavy atom. The summed E-state index contributed by atoms with van der Waals surface area (Å²) in [7, 11) is 3.87. The summed E-state index contributed by atoms with van der Waals surface area (Å²) >= 11 is 9.25. The highest BCUT2D eigenvalue weighted by Gasteiger charge is 2.34. The van der Waals surface area contributed by atoms with Crippen molar-refractivity contribution in [2.45, 2.75) is 6.42 Å². The van der Waals surface area contributed by atoms with Crippen molar-refractivity contribution in [3.8, 4) is 5.75 Å². The van der Waals surface area contributed by atoms with Crippen LogP contribution in [0.1, 0.15) is 6.42 Å². The fraction of sp³-hybridized carbons (Fsp3) is 0.467. The van der Waals surface area contributed by atoms with Crippen LogP contribution in [-0.2, 0) is 9.59 Å². The largest absolute Gasteiger partial charge is 0.506 e. The van der Waals surface area contributed by atoms with E-state index in [1.165, 1.54) is 6.07 Å². The molecule has 1 atom stereocenters. The molecule has 0 aromatic heterocycles. The van der Waals surface area contributed by atoms with Gasteiger partial charge in [-0.05, 0) is 26.2 Å². The molecule has 1 aromatic carbocycles. The van der Waals surface area contributed by atoms with E-state index in [2.05, 4.69) is 21.2 Å². The number of phenolic OH excluding ortho intramolecular Hbond substituents is 1. The van der Waals surface area contributed by atoms with Gasteiger partial charge < -0.3 is 20.2 Å². The Morgan fingerprint density at radius 3 is 2.83 bits per heavy atom. The van der Waals surface area contributed by atoms with Crippen molar-refractivity contribution in [1.82, 2.24) is 9.80 Å². The molecule has 126 valence electrons. The molecule has 1 unspecified atom stereocenters. The average molecular weight is 405 g/mol. The number of likely N-dealkylation sites (tertiary alicyclic amines) is 1. The molecule has 2 amide bonds. The van der Waals surface area contributed by atoms with Gasteiger partial charge in [-0.2, -0.15) is 0 Å². The minimum absolute atomic E-state index is 0.0295. The van der Waals surface area contributed by atoms with Crippen LogP contribution in [0.3, 0.4) is 0 Å². The van der Waals surface area contributed by atoms with Gasteiger partial charge in [0.1, 0.15) is 11.4 Å². The lowest BCUT2D eigenvalue weighted by Crippen LogP contribution is -2.34. The molecule has 1 aliphatic heterocycles. The van der Waals surface area contributed by atoms with Crippen molar-refractivity contribution < 1.29 is 14.7 Å². The molecule has 0 spiro atoms. The van der Waals surface area contributed by atoms with Crippen molar-refractivity contribution in [3.63, 3.8) is 0 Å². The van der Waals surface area contributed by atoms with Crippen molar-refractivity contribution in [2.24, 2.45) is 5.92 Å². The number of carbonyl (C=O) groups is 2. The van der Waals surface area contributed by atoms with Gasteiger partial charge in [0.05, 0.1) is 10.9 Å². The molecule has 23 heavy (non-hydrogen) atoms. The summed E-state index contributed by atoms with van der Waals surface area (Å²) in [5.41, 5.74) is 0.166. The zero-order valence-electron chi connectivity index (χ0n) is 13.0. The minimum Gasteiger partial charge on any atom is -0.506 e. The maximum absolute atomic E-state index is 12.4. The van der Waals surface area contributed by atoms with Crippen LogP contribution >= 0.6 is 27.5 Å². The van der Waals surface area contributed by atoms with E-state index >= 15 is 0 Å². The van der Waals surface area contributed by atoms with Crippen LogP contribution < -0.4 is 5.32 Å².